The molecule has 0 bridgehead atoms. The third-order valence-electron chi connectivity index (χ3n) is 6.50. The van der Waals surface area contributed by atoms with Crippen LogP contribution >= 0.6 is 0 Å². The SMILES string of the molecule is O=C1c2ccccc2C(=O)N1[C@]1(c2ccc(B(O)O)cc2)C[C@](O)(C2CC2)C1. The molecule has 1 heterocycles. The Morgan fingerprint density at radius 3 is 1.89 bits per heavy atom. The van der Waals surface area contributed by atoms with Crippen LogP contribution in [0, 0.1) is 5.92 Å². The van der Waals surface area contributed by atoms with E-state index in [1.54, 1.807) is 48.5 Å². The van der Waals surface area contributed by atoms with Crippen molar-refractivity contribution < 1.29 is 24.7 Å². The lowest BCUT2D eigenvalue weighted by molar-refractivity contribution is -0.143. The Kier molecular flexibility index (Phi) is 3.63. The first kappa shape index (κ1) is 17.6. The predicted octanol–water partition coefficient (Wildman–Crippen LogP) is 0.793. The van der Waals surface area contributed by atoms with E-state index in [-0.39, 0.29) is 17.7 Å². The van der Waals surface area contributed by atoms with E-state index in [0.717, 1.165) is 18.4 Å². The molecule has 2 fully saturated rings. The summed E-state index contributed by atoms with van der Waals surface area (Å²) in [5.41, 5.74) is 0.0237. The largest absolute Gasteiger partial charge is 0.488 e. The first-order valence-corrected chi connectivity index (χ1v) is 9.53. The zero-order valence-electron chi connectivity index (χ0n) is 15.2. The first-order chi connectivity index (χ1) is 13.4. The summed E-state index contributed by atoms with van der Waals surface area (Å²) in [5.74, 6) is -0.469. The summed E-state index contributed by atoms with van der Waals surface area (Å²) in [6.45, 7) is 0. The van der Waals surface area contributed by atoms with Gasteiger partial charge in [-0.05, 0) is 41.9 Å². The minimum Gasteiger partial charge on any atom is -0.423 e. The van der Waals surface area contributed by atoms with Crippen molar-refractivity contribution >= 4 is 24.4 Å². The van der Waals surface area contributed by atoms with Gasteiger partial charge in [-0.25, -0.2) is 0 Å². The van der Waals surface area contributed by atoms with Crippen LogP contribution in [0.1, 0.15) is 52.0 Å². The Balaban J connectivity index is 1.58. The lowest BCUT2D eigenvalue weighted by Gasteiger charge is -2.57. The Morgan fingerprint density at radius 2 is 1.43 bits per heavy atom. The quantitative estimate of drug-likeness (QED) is 0.541. The molecule has 0 atom stereocenters. The third kappa shape index (κ3) is 2.33. The van der Waals surface area contributed by atoms with Crippen LogP contribution < -0.4 is 5.46 Å². The Morgan fingerprint density at radius 1 is 0.893 bits per heavy atom. The number of benzene rings is 2. The van der Waals surface area contributed by atoms with Crippen molar-refractivity contribution in [3.8, 4) is 0 Å². The normalized spacial score (nSPS) is 28.9. The predicted molar refractivity (Wildman–Crippen MR) is 102 cm³/mol. The molecule has 3 aliphatic rings. The number of nitrogens with zero attached hydrogens (tertiary/aromatic N) is 1. The van der Waals surface area contributed by atoms with Gasteiger partial charge in [-0.2, -0.15) is 0 Å². The van der Waals surface area contributed by atoms with E-state index in [0.29, 0.717) is 29.4 Å². The monoisotopic (exact) mass is 377 g/mol. The van der Waals surface area contributed by atoms with E-state index in [2.05, 4.69) is 0 Å². The number of amides is 2. The van der Waals surface area contributed by atoms with Gasteiger partial charge in [0.2, 0.25) is 0 Å². The van der Waals surface area contributed by atoms with Crippen LogP contribution in [-0.2, 0) is 5.54 Å². The van der Waals surface area contributed by atoms with Gasteiger partial charge in [0, 0.05) is 12.8 Å². The van der Waals surface area contributed by atoms with E-state index < -0.39 is 18.3 Å². The molecule has 2 aliphatic carbocycles. The highest BCUT2D eigenvalue weighted by Crippen LogP contribution is 2.61. The highest BCUT2D eigenvalue weighted by atomic mass is 16.4. The highest BCUT2D eigenvalue weighted by molar-refractivity contribution is 6.58. The summed E-state index contributed by atoms with van der Waals surface area (Å²) < 4.78 is 0. The van der Waals surface area contributed by atoms with Gasteiger partial charge in [0.05, 0.1) is 22.3 Å². The van der Waals surface area contributed by atoms with Crippen molar-refractivity contribution in [1.82, 2.24) is 4.90 Å². The molecule has 2 aromatic rings. The first-order valence-electron chi connectivity index (χ1n) is 9.53. The number of fused-ring (bicyclic) bond motifs is 1. The second-order valence-electron chi connectivity index (χ2n) is 8.25. The van der Waals surface area contributed by atoms with Crippen LogP contribution in [0.4, 0.5) is 0 Å². The van der Waals surface area contributed by atoms with E-state index in [1.807, 2.05) is 0 Å². The molecule has 142 valence electrons. The van der Waals surface area contributed by atoms with Crippen LogP contribution in [0.3, 0.4) is 0 Å². The maximum absolute atomic E-state index is 13.1. The van der Waals surface area contributed by atoms with Crippen molar-refractivity contribution in [3.63, 3.8) is 0 Å². The smallest absolute Gasteiger partial charge is 0.423 e. The van der Waals surface area contributed by atoms with Crippen molar-refractivity contribution in [2.24, 2.45) is 5.92 Å². The number of rotatable bonds is 4. The number of carbonyl (C=O) groups is 2. The molecule has 2 saturated carbocycles. The molecule has 6 nitrogen and oxygen atoms in total. The maximum atomic E-state index is 13.1. The van der Waals surface area contributed by atoms with Crippen molar-refractivity contribution in [2.75, 3.05) is 0 Å². The molecule has 0 radical (unpaired) electrons. The van der Waals surface area contributed by atoms with Crippen molar-refractivity contribution in [1.29, 1.82) is 0 Å². The average Bonchev–Trinajstić information content (AvgIpc) is 3.48. The van der Waals surface area contributed by atoms with Gasteiger partial charge >= 0.3 is 7.12 Å². The average molecular weight is 377 g/mol. The summed E-state index contributed by atoms with van der Waals surface area (Å²) in [4.78, 5) is 27.6. The summed E-state index contributed by atoms with van der Waals surface area (Å²) in [6, 6.07) is 13.4. The molecule has 0 saturated heterocycles. The molecule has 2 amide bonds. The van der Waals surface area contributed by atoms with Crippen LogP contribution in [0.25, 0.3) is 0 Å². The number of aliphatic hydroxyl groups is 1. The van der Waals surface area contributed by atoms with Gasteiger partial charge in [0.25, 0.3) is 11.8 Å². The fourth-order valence-electron chi connectivity index (χ4n) is 4.91. The lowest BCUT2D eigenvalue weighted by Crippen LogP contribution is -2.65. The number of hydrogen-bond acceptors (Lipinski definition) is 5. The highest BCUT2D eigenvalue weighted by Gasteiger charge is 2.66. The Labute approximate surface area is 162 Å². The maximum Gasteiger partial charge on any atom is 0.488 e. The van der Waals surface area contributed by atoms with E-state index in [4.69, 9.17) is 0 Å². The summed E-state index contributed by atoms with van der Waals surface area (Å²) in [7, 11) is -1.59. The molecule has 2 aromatic carbocycles. The zero-order chi connectivity index (χ0) is 19.7. The number of hydrogen-bond donors (Lipinski definition) is 3. The van der Waals surface area contributed by atoms with E-state index >= 15 is 0 Å². The van der Waals surface area contributed by atoms with Gasteiger partial charge < -0.3 is 15.2 Å². The molecule has 3 N–H and O–H groups in total. The zero-order valence-corrected chi connectivity index (χ0v) is 15.2. The molecule has 0 unspecified atom stereocenters. The molecule has 7 heteroatoms. The second kappa shape index (κ2) is 5.76. The third-order valence-corrected chi connectivity index (χ3v) is 6.50. The number of carbonyl (C=O) groups excluding carboxylic acids is 2. The minimum absolute atomic E-state index is 0.217. The summed E-state index contributed by atoms with van der Waals surface area (Å²) in [5, 5.41) is 29.7. The molecule has 0 spiro atoms. The summed E-state index contributed by atoms with van der Waals surface area (Å²) in [6.07, 6.45) is 2.53. The fourth-order valence-corrected chi connectivity index (χ4v) is 4.91. The van der Waals surface area contributed by atoms with Crippen molar-refractivity contribution in [3.05, 3.63) is 65.2 Å². The van der Waals surface area contributed by atoms with Crippen LogP contribution in [0.5, 0.6) is 0 Å². The van der Waals surface area contributed by atoms with E-state index in [1.165, 1.54) is 4.90 Å². The van der Waals surface area contributed by atoms with Gasteiger partial charge in [-0.3, -0.25) is 14.5 Å². The number of imide groups is 1. The standard InChI is InChI=1S/C21H20BNO5/c24-18-16-3-1-2-4-17(16)19(25)23(18)20(11-21(26,12-20)14-5-6-14)13-7-9-15(10-8-13)22(27)28/h1-4,7-10,14,26-28H,5-6,11-12H2/t20-,21-. The van der Waals surface area contributed by atoms with Gasteiger partial charge in [-0.15, -0.1) is 0 Å². The van der Waals surface area contributed by atoms with Crippen LogP contribution in [-0.4, -0.2) is 44.6 Å². The van der Waals surface area contributed by atoms with Gasteiger partial charge in [0.15, 0.2) is 0 Å². The van der Waals surface area contributed by atoms with Crippen LogP contribution in [0.15, 0.2) is 48.5 Å². The van der Waals surface area contributed by atoms with Gasteiger partial charge in [-0.1, -0.05) is 36.4 Å². The topological polar surface area (TPSA) is 98.1 Å². The molecule has 28 heavy (non-hydrogen) atoms. The van der Waals surface area contributed by atoms with Crippen molar-refractivity contribution in [2.45, 2.75) is 36.8 Å². The lowest BCUT2D eigenvalue weighted by atomic mass is 9.58. The molecular weight excluding hydrogens is 357 g/mol. The Hall–Kier alpha value is -2.48. The fraction of sp³-hybridized carbons (Fsp3) is 0.333. The Bertz CT molecular complexity index is 942. The molecule has 1 aliphatic heterocycles. The second-order valence-corrected chi connectivity index (χ2v) is 8.25. The van der Waals surface area contributed by atoms with Gasteiger partial charge in [0.1, 0.15) is 0 Å². The molecule has 5 rings (SSSR count). The van der Waals surface area contributed by atoms with E-state index in [9.17, 15) is 24.7 Å². The molecular formula is C21H20BNO5. The molecule has 0 aromatic heterocycles. The minimum atomic E-state index is -1.59. The van der Waals surface area contributed by atoms with Crippen LogP contribution in [0.2, 0.25) is 0 Å². The summed E-state index contributed by atoms with van der Waals surface area (Å²) >= 11 is 0.